The minimum absolute atomic E-state index is 0.267. The second-order valence-electron chi connectivity index (χ2n) is 9.26. The smallest absolute Gasteiger partial charge is 0.320 e. The maximum atomic E-state index is 12.8. The first kappa shape index (κ1) is 20.9. The lowest BCUT2D eigenvalue weighted by molar-refractivity contribution is 0.0709. The van der Waals surface area contributed by atoms with Crippen molar-refractivity contribution in [3.8, 4) is 0 Å². The molecule has 27 heavy (non-hydrogen) atoms. The molecule has 2 amide bonds. The molecule has 6 heteroatoms. The molecular formula is C21H41N5O. The minimum atomic E-state index is 0.267. The summed E-state index contributed by atoms with van der Waals surface area (Å²) in [5, 5.41) is 0. The van der Waals surface area contributed by atoms with Crippen LogP contribution in [0.3, 0.4) is 0 Å². The van der Waals surface area contributed by atoms with E-state index < -0.39 is 0 Å². The molecule has 0 aromatic carbocycles. The van der Waals surface area contributed by atoms with Gasteiger partial charge in [-0.05, 0) is 59.5 Å². The number of piperidine rings is 1. The van der Waals surface area contributed by atoms with E-state index in [0.717, 1.165) is 58.3 Å². The van der Waals surface area contributed by atoms with Crippen LogP contribution in [0.1, 0.15) is 40.5 Å². The number of hydrogen-bond acceptors (Lipinski definition) is 4. The van der Waals surface area contributed by atoms with Gasteiger partial charge in [0.05, 0.1) is 0 Å². The average molecular weight is 380 g/mol. The maximum absolute atomic E-state index is 12.8. The predicted octanol–water partition coefficient (Wildman–Crippen LogP) is 1.87. The van der Waals surface area contributed by atoms with Crippen molar-refractivity contribution in [3.63, 3.8) is 0 Å². The Morgan fingerprint density at radius 3 is 1.63 bits per heavy atom. The van der Waals surface area contributed by atoms with Gasteiger partial charge in [-0.15, -0.1) is 0 Å². The van der Waals surface area contributed by atoms with Crippen molar-refractivity contribution in [1.82, 2.24) is 24.5 Å². The van der Waals surface area contributed by atoms with Gasteiger partial charge in [-0.25, -0.2) is 4.79 Å². The van der Waals surface area contributed by atoms with Gasteiger partial charge in [-0.2, -0.15) is 0 Å². The Morgan fingerprint density at radius 1 is 0.704 bits per heavy atom. The van der Waals surface area contributed by atoms with E-state index in [-0.39, 0.29) is 6.03 Å². The van der Waals surface area contributed by atoms with Crippen molar-refractivity contribution in [2.75, 3.05) is 72.0 Å². The Hall–Kier alpha value is -0.850. The van der Waals surface area contributed by atoms with Crippen LogP contribution in [0.25, 0.3) is 0 Å². The Bertz CT molecular complexity index is 459. The van der Waals surface area contributed by atoms with Gasteiger partial charge >= 0.3 is 6.03 Å². The normalized spacial score (nSPS) is 25.0. The van der Waals surface area contributed by atoms with Crippen molar-refractivity contribution in [2.45, 2.75) is 52.6 Å². The van der Waals surface area contributed by atoms with Gasteiger partial charge in [-0.3, -0.25) is 9.80 Å². The highest BCUT2D eigenvalue weighted by molar-refractivity contribution is 5.74. The number of carbonyl (C=O) groups excluding carboxylic acids is 1. The van der Waals surface area contributed by atoms with Gasteiger partial charge in [0.2, 0.25) is 0 Å². The molecule has 0 unspecified atom stereocenters. The van der Waals surface area contributed by atoms with Crippen LogP contribution in [0, 0.1) is 5.92 Å². The zero-order valence-electron chi connectivity index (χ0n) is 18.1. The van der Waals surface area contributed by atoms with Crippen molar-refractivity contribution < 1.29 is 4.79 Å². The summed E-state index contributed by atoms with van der Waals surface area (Å²) in [6.45, 7) is 20.5. The fourth-order valence-electron chi connectivity index (χ4n) is 4.77. The van der Waals surface area contributed by atoms with E-state index in [9.17, 15) is 4.79 Å². The molecule has 3 rings (SSSR count). The van der Waals surface area contributed by atoms with Crippen LogP contribution in [0.5, 0.6) is 0 Å². The molecule has 6 nitrogen and oxygen atoms in total. The van der Waals surface area contributed by atoms with Crippen molar-refractivity contribution in [1.29, 1.82) is 0 Å². The second kappa shape index (κ2) is 9.57. The summed E-state index contributed by atoms with van der Waals surface area (Å²) in [5.74, 6) is 0.839. The molecule has 0 N–H and O–H groups in total. The first-order valence-electron chi connectivity index (χ1n) is 11.2. The SMILES string of the molecule is CC(C)N1CCC(CN2CCN(C(=O)N3CCN(C(C)C)CC3)CC2)CC1. The standard InChI is InChI=1S/C21H41N5O/c1-18(2)23-7-5-20(6-8-23)17-22-9-11-25(12-10-22)21(27)26-15-13-24(14-16-26)19(3)4/h18-20H,5-17H2,1-4H3. The van der Waals surface area contributed by atoms with Crippen LogP contribution in [-0.4, -0.2) is 115 Å². The first-order valence-corrected chi connectivity index (χ1v) is 11.2. The van der Waals surface area contributed by atoms with Crippen molar-refractivity contribution in [2.24, 2.45) is 5.92 Å². The molecule has 3 heterocycles. The molecule has 0 spiro atoms. The van der Waals surface area contributed by atoms with Gasteiger partial charge < -0.3 is 14.7 Å². The lowest BCUT2D eigenvalue weighted by Gasteiger charge is -2.42. The molecular weight excluding hydrogens is 338 g/mol. The molecule has 3 aliphatic rings. The third-order valence-corrected chi connectivity index (χ3v) is 6.85. The fraction of sp³-hybridized carbons (Fsp3) is 0.952. The van der Waals surface area contributed by atoms with E-state index in [2.05, 4.69) is 52.2 Å². The quantitative estimate of drug-likeness (QED) is 0.747. The van der Waals surface area contributed by atoms with Crippen molar-refractivity contribution in [3.05, 3.63) is 0 Å². The number of amides is 2. The second-order valence-corrected chi connectivity index (χ2v) is 9.26. The van der Waals surface area contributed by atoms with Crippen LogP contribution in [0.4, 0.5) is 4.79 Å². The van der Waals surface area contributed by atoms with Gasteiger partial charge in [0.15, 0.2) is 0 Å². The summed E-state index contributed by atoms with van der Waals surface area (Å²) in [6, 6.07) is 1.53. The van der Waals surface area contributed by atoms with Gasteiger partial charge in [0.25, 0.3) is 0 Å². The fourth-order valence-corrected chi connectivity index (χ4v) is 4.77. The zero-order valence-corrected chi connectivity index (χ0v) is 18.1. The van der Waals surface area contributed by atoms with E-state index in [1.807, 2.05) is 0 Å². The summed E-state index contributed by atoms with van der Waals surface area (Å²) >= 11 is 0. The minimum Gasteiger partial charge on any atom is -0.322 e. The Labute approximate surface area is 166 Å². The number of urea groups is 1. The maximum Gasteiger partial charge on any atom is 0.320 e. The molecule has 0 aliphatic carbocycles. The summed E-state index contributed by atoms with van der Waals surface area (Å²) in [6.07, 6.45) is 2.66. The van der Waals surface area contributed by atoms with E-state index in [1.54, 1.807) is 0 Å². The molecule has 0 aromatic heterocycles. The predicted molar refractivity (Wildman–Crippen MR) is 111 cm³/mol. The number of carbonyl (C=O) groups is 1. The van der Waals surface area contributed by atoms with Crippen LogP contribution < -0.4 is 0 Å². The molecule has 0 saturated carbocycles. The molecule has 0 atom stereocenters. The van der Waals surface area contributed by atoms with Gasteiger partial charge in [0, 0.05) is 71.0 Å². The molecule has 156 valence electrons. The first-order chi connectivity index (χ1) is 12.9. The Morgan fingerprint density at radius 2 is 1.15 bits per heavy atom. The lowest BCUT2D eigenvalue weighted by Crippen LogP contribution is -2.57. The number of rotatable bonds is 4. The van der Waals surface area contributed by atoms with E-state index in [4.69, 9.17) is 0 Å². The molecule has 0 bridgehead atoms. The van der Waals surface area contributed by atoms with E-state index in [1.165, 1.54) is 32.5 Å². The highest BCUT2D eigenvalue weighted by Gasteiger charge is 2.29. The van der Waals surface area contributed by atoms with Gasteiger partial charge in [-0.1, -0.05) is 0 Å². The van der Waals surface area contributed by atoms with Crippen LogP contribution in [0.15, 0.2) is 0 Å². The van der Waals surface area contributed by atoms with Crippen molar-refractivity contribution >= 4 is 6.03 Å². The number of likely N-dealkylation sites (tertiary alicyclic amines) is 1. The number of nitrogens with zero attached hydrogens (tertiary/aromatic N) is 5. The highest BCUT2D eigenvalue weighted by atomic mass is 16.2. The molecule has 3 saturated heterocycles. The molecule has 0 radical (unpaired) electrons. The van der Waals surface area contributed by atoms with Crippen LogP contribution in [0.2, 0.25) is 0 Å². The van der Waals surface area contributed by atoms with Crippen LogP contribution >= 0.6 is 0 Å². The van der Waals surface area contributed by atoms with E-state index in [0.29, 0.717) is 12.1 Å². The molecule has 0 aromatic rings. The highest BCUT2D eigenvalue weighted by Crippen LogP contribution is 2.21. The Balaban J connectivity index is 1.36. The topological polar surface area (TPSA) is 33.3 Å². The summed E-state index contributed by atoms with van der Waals surface area (Å²) < 4.78 is 0. The number of piperazine rings is 2. The monoisotopic (exact) mass is 379 g/mol. The largest absolute Gasteiger partial charge is 0.322 e. The third-order valence-electron chi connectivity index (χ3n) is 6.85. The van der Waals surface area contributed by atoms with Crippen LogP contribution in [-0.2, 0) is 0 Å². The molecule has 3 fully saturated rings. The summed E-state index contributed by atoms with van der Waals surface area (Å²) in [7, 11) is 0. The van der Waals surface area contributed by atoms with Gasteiger partial charge in [0.1, 0.15) is 0 Å². The summed E-state index contributed by atoms with van der Waals surface area (Å²) in [5.41, 5.74) is 0. The average Bonchev–Trinajstić information content (AvgIpc) is 2.68. The Kier molecular flexibility index (Phi) is 7.40. The van der Waals surface area contributed by atoms with E-state index >= 15 is 0 Å². The zero-order chi connectivity index (χ0) is 19.4. The number of hydrogen-bond donors (Lipinski definition) is 0. The third kappa shape index (κ3) is 5.58. The molecule has 3 aliphatic heterocycles. The lowest BCUT2D eigenvalue weighted by atomic mass is 9.95. The summed E-state index contributed by atoms with van der Waals surface area (Å²) in [4.78, 5) is 24.6.